The summed E-state index contributed by atoms with van der Waals surface area (Å²) in [6.45, 7) is 1.28. The maximum Gasteiger partial charge on any atom is 0.413 e. The number of hydrogen-bond donors (Lipinski definition) is 2. The van der Waals surface area contributed by atoms with Gasteiger partial charge in [-0.1, -0.05) is 12.1 Å². The number of β-amino-alcohol motifs (C(OH)–C–C–N with tert-alkyl or cyclic N) is 1. The Kier molecular flexibility index (Phi) is 5.85. The van der Waals surface area contributed by atoms with Gasteiger partial charge in [-0.05, 0) is 18.2 Å². The van der Waals surface area contributed by atoms with Gasteiger partial charge in [-0.2, -0.15) is 0 Å². The number of carbonyl (C=O) groups is 2. The number of anilines is 2. The van der Waals surface area contributed by atoms with Gasteiger partial charge in [-0.15, -0.1) is 0 Å². The Morgan fingerprint density at radius 1 is 1.10 bits per heavy atom. The van der Waals surface area contributed by atoms with Gasteiger partial charge in [0, 0.05) is 68.1 Å². The monoisotopic (exact) mass is 561 g/mol. The number of hydrogen-bond acceptors (Lipinski definition) is 8. The minimum Gasteiger partial charge on any atom is -0.437 e. The molecule has 1 aromatic carbocycles. The maximum absolute atomic E-state index is 15.0. The normalized spacial score (nSPS) is 18.2. The Morgan fingerprint density at radius 2 is 1.90 bits per heavy atom. The lowest BCUT2D eigenvalue weighted by atomic mass is 9.83. The number of nitrogens with one attached hydrogen (secondary N) is 1. The summed E-state index contributed by atoms with van der Waals surface area (Å²) < 4.78 is 36.6. The topological polar surface area (TPSA) is 126 Å². The third-order valence-electron chi connectivity index (χ3n) is 8.07. The molecule has 1 spiro atoms. The summed E-state index contributed by atoms with van der Waals surface area (Å²) >= 11 is 0. The Balaban J connectivity index is 1.19. The molecule has 210 valence electrons. The summed E-state index contributed by atoms with van der Waals surface area (Å²) in [7, 11) is 0. The van der Waals surface area contributed by atoms with E-state index in [-0.39, 0.29) is 18.0 Å². The third-order valence-corrected chi connectivity index (χ3v) is 8.07. The number of aromatic nitrogens is 4. The highest BCUT2D eigenvalue weighted by Gasteiger charge is 2.45. The molecule has 3 aliphatic heterocycles. The SMILES string of the molecule is O=C1Nc2ncccc2C2(CCN(C(=O)Cn3cc(-c4cccc(F)c4F)c4c(N5CC(O)C5)ncnc43)CC2)O1. The van der Waals surface area contributed by atoms with E-state index in [1.807, 2.05) is 11.0 Å². The van der Waals surface area contributed by atoms with Gasteiger partial charge in [0.2, 0.25) is 5.91 Å². The quantitative estimate of drug-likeness (QED) is 0.390. The fourth-order valence-electron chi connectivity index (χ4n) is 5.97. The fraction of sp³-hybridized carbons (Fsp3) is 0.321. The molecule has 4 aromatic rings. The van der Waals surface area contributed by atoms with Crippen LogP contribution in [-0.2, 0) is 21.7 Å². The molecule has 7 rings (SSSR count). The smallest absolute Gasteiger partial charge is 0.413 e. The molecule has 6 heterocycles. The maximum atomic E-state index is 15.0. The summed E-state index contributed by atoms with van der Waals surface area (Å²) in [5, 5.41) is 13.0. The van der Waals surface area contributed by atoms with Gasteiger partial charge in [-0.25, -0.2) is 28.5 Å². The van der Waals surface area contributed by atoms with E-state index < -0.39 is 29.4 Å². The minimum absolute atomic E-state index is 0.0261. The van der Waals surface area contributed by atoms with Crippen LogP contribution in [0, 0.1) is 11.6 Å². The molecule has 13 heteroatoms. The molecule has 2 saturated heterocycles. The van der Waals surface area contributed by atoms with Crippen molar-refractivity contribution in [2.75, 3.05) is 36.4 Å². The first-order valence-corrected chi connectivity index (χ1v) is 13.3. The van der Waals surface area contributed by atoms with Crippen LogP contribution in [0.15, 0.2) is 49.1 Å². The summed E-state index contributed by atoms with van der Waals surface area (Å²) in [4.78, 5) is 42.3. The molecule has 2 N–H and O–H groups in total. The van der Waals surface area contributed by atoms with Gasteiger partial charge in [0.05, 0.1) is 11.5 Å². The Labute approximate surface area is 232 Å². The molecule has 0 bridgehead atoms. The van der Waals surface area contributed by atoms with Crippen molar-refractivity contribution in [2.24, 2.45) is 0 Å². The van der Waals surface area contributed by atoms with Gasteiger partial charge in [0.25, 0.3) is 0 Å². The average molecular weight is 562 g/mol. The second-order valence-corrected chi connectivity index (χ2v) is 10.5. The number of aliphatic hydroxyl groups is 1. The van der Waals surface area contributed by atoms with Crippen LogP contribution in [0.1, 0.15) is 18.4 Å². The standard InChI is InChI=1S/C28H25F2N7O4/c29-20-5-1-3-17(23(20)30)18-13-37(26-22(18)25(32-15-33-26)36-11-16(38)12-36)14-21(39)35-9-6-28(7-10-35)19-4-2-8-31-24(19)34-27(40)41-28/h1-5,8,13,15-16,38H,6-7,9-12,14H2,(H,31,34,40). The van der Waals surface area contributed by atoms with Crippen LogP contribution in [0.25, 0.3) is 22.2 Å². The summed E-state index contributed by atoms with van der Waals surface area (Å²) in [6, 6.07) is 7.59. The van der Waals surface area contributed by atoms with Gasteiger partial charge in [0.1, 0.15) is 35.8 Å². The van der Waals surface area contributed by atoms with Crippen LogP contribution < -0.4 is 10.2 Å². The van der Waals surface area contributed by atoms with Crippen molar-refractivity contribution >= 4 is 34.7 Å². The van der Waals surface area contributed by atoms with Crippen LogP contribution in [0.5, 0.6) is 0 Å². The first-order chi connectivity index (χ1) is 19.8. The molecule has 11 nitrogen and oxygen atoms in total. The van der Waals surface area contributed by atoms with Gasteiger partial charge < -0.3 is 24.2 Å². The van der Waals surface area contributed by atoms with E-state index in [0.29, 0.717) is 67.3 Å². The Bertz CT molecular complexity index is 1700. The van der Waals surface area contributed by atoms with E-state index in [9.17, 15) is 23.5 Å². The number of halogens is 2. The fourth-order valence-corrected chi connectivity index (χ4v) is 5.97. The second-order valence-electron chi connectivity index (χ2n) is 10.5. The summed E-state index contributed by atoms with van der Waals surface area (Å²) in [5.41, 5.74) is 0.687. The molecule has 0 radical (unpaired) electrons. The molecule has 3 aliphatic rings. The molecular formula is C28H25F2N7O4. The number of pyridine rings is 1. The highest BCUT2D eigenvalue weighted by atomic mass is 19.2. The first-order valence-electron chi connectivity index (χ1n) is 13.3. The van der Waals surface area contributed by atoms with Crippen LogP contribution in [0.3, 0.4) is 0 Å². The number of fused-ring (bicyclic) bond motifs is 3. The summed E-state index contributed by atoms with van der Waals surface area (Å²) in [6.07, 6.45) is 4.27. The van der Waals surface area contributed by atoms with Crippen LogP contribution in [0.2, 0.25) is 0 Å². The molecule has 0 unspecified atom stereocenters. The van der Waals surface area contributed by atoms with Crippen molar-refractivity contribution in [1.29, 1.82) is 0 Å². The van der Waals surface area contributed by atoms with E-state index in [2.05, 4.69) is 20.3 Å². The number of benzene rings is 1. The Morgan fingerprint density at radius 3 is 2.68 bits per heavy atom. The van der Waals surface area contributed by atoms with E-state index in [0.717, 1.165) is 11.6 Å². The van der Waals surface area contributed by atoms with E-state index in [1.54, 1.807) is 27.9 Å². The predicted molar refractivity (Wildman–Crippen MR) is 143 cm³/mol. The molecular weight excluding hydrogens is 536 g/mol. The third kappa shape index (κ3) is 4.15. The van der Waals surface area contributed by atoms with Crippen molar-refractivity contribution in [1.82, 2.24) is 24.4 Å². The molecule has 41 heavy (non-hydrogen) atoms. The average Bonchev–Trinajstić information content (AvgIpc) is 3.31. The van der Waals surface area contributed by atoms with E-state index in [1.165, 1.54) is 18.5 Å². The predicted octanol–water partition coefficient (Wildman–Crippen LogP) is 3.03. The highest BCUT2D eigenvalue weighted by Crippen LogP contribution is 2.43. The summed E-state index contributed by atoms with van der Waals surface area (Å²) in [5.74, 6) is -1.26. The van der Waals surface area contributed by atoms with Crippen molar-refractivity contribution in [3.63, 3.8) is 0 Å². The molecule has 2 fully saturated rings. The zero-order valence-corrected chi connectivity index (χ0v) is 21.8. The van der Waals surface area contributed by atoms with E-state index >= 15 is 0 Å². The van der Waals surface area contributed by atoms with Crippen molar-refractivity contribution in [3.8, 4) is 11.1 Å². The first kappa shape index (κ1) is 25.3. The molecule has 0 aliphatic carbocycles. The number of aliphatic hydroxyl groups excluding tert-OH is 1. The lowest BCUT2D eigenvalue weighted by Crippen LogP contribution is -2.51. The van der Waals surface area contributed by atoms with Crippen molar-refractivity contribution in [2.45, 2.75) is 31.1 Å². The molecule has 0 saturated carbocycles. The number of ether oxygens (including phenoxy) is 1. The number of likely N-dealkylation sites (tertiary alicyclic amines) is 1. The number of rotatable bonds is 4. The van der Waals surface area contributed by atoms with Gasteiger partial charge in [0.15, 0.2) is 11.6 Å². The largest absolute Gasteiger partial charge is 0.437 e. The van der Waals surface area contributed by atoms with Crippen LogP contribution in [-0.4, -0.2) is 73.8 Å². The lowest BCUT2D eigenvalue weighted by Gasteiger charge is -2.43. The van der Waals surface area contributed by atoms with Crippen molar-refractivity contribution < 1.29 is 28.2 Å². The van der Waals surface area contributed by atoms with Gasteiger partial charge in [-0.3, -0.25) is 10.1 Å². The minimum atomic E-state index is -1.01. The number of carbonyl (C=O) groups excluding carboxylic acids is 2. The molecule has 0 atom stereocenters. The second kappa shape index (κ2) is 9.47. The molecule has 3 aromatic heterocycles. The van der Waals surface area contributed by atoms with Gasteiger partial charge >= 0.3 is 6.09 Å². The number of amides is 2. The lowest BCUT2D eigenvalue weighted by molar-refractivity contribution is -0.136. The Hall–Kier alpha value is -4.65. The van der Waals surface area contributed by atoms with Crippen LogP contribution >= 0.6 is 0 Å². The zero-order valence-electron chi connectivity index (χ0n) is 21.8. The highest BCUT2D eigenvalue weighted by molar-refractivity contribution is 6.02. The van der Waals surface area contributed by atoms with Crippen LogP contribution in [0.4, 0.5) is 25.2 Å². The van der Waals surface area contributed by atoms with Crippen molar-refractivity contribution in [3.05, 3.63) is 66.3 Å². The number of nitrogens with zero attached hydrogens (tertiary/aromatic N) is 6. The molecule has 2 amide bonds. The number of piperidine rings is 1. The van der Waals surface area contributed by atoms with E-state index in [4.69, 9.17) is 4.74 Å². The zero-order chi connectivity index (χ0) is 28.3.